The fourth-order valence-corrected chi connectivity index (χ4v) is 4.32. The van der Waals surface area contributed by atoms with Gasteiger partial charge in [-0.25, -0.2) is 9.97 Å². The molecule has 37 heavy (non-hydrogen) atoms. The topological polar surface area (TPSA) is 81.4 Å². The molecule has 1 aliphatic rings. The molecule has 1 aliphatic heterocycles. The van der Waals surface area contributed by atoms with Crippen LogP contribution in [-0.2, 0) is 6.54 Å². The Labute approximate surface area is 221 Å². The minimum absolute atomic E-state index is 0. The first-order valence-corrected chi connectivity index (χ1v) is 13.2. The van der Waals surface area contributed by atoms with E-state index in [1.165, 1.54) is 47.8 Å². The van der Waals surface area contributed by atoms with Gasteiger partial charge in [0.1, 0.15) is 5.82 Å². The van der Waals surface area contributed by atoms with Crippen LogP contribution in [-0.4, -0.2) is 39.6 Å². The molecule has 3 aromatic carbocycles. The van der Waals surface area contributed by atoms with E-state index in [1.807, 2.05) is 20.0 Å². The minimum Gasteiger partial charge on any atom is -0.345 e. The van der Waals surface area contributed by atoms with Gasteiger partial charge < -0.3 is 20.6 Å². The molecule has 196 valence electrons. The van der Waals surface area contributed by atoms with Crippen molar-refractivity contribution >= 4 is 21.8 Å². The van der Waals surface area contributed by atoms with Gasteiger partial charge >= 0.3 is 0 Å². The molecule has 0 radical (unpaired) electrons. The number of aromatic amines is 2. The van der Waals surface area contributed by atoms with Crippen LogP contribution in [0, 0.1) is 0 Å². The number of fused-ring (bicyclic) bond motifs is 2. The van der Waals surface area contributed by atoms with E-state index in [0.29, 0.717) is 0 Å². The van der Waals surface area contributed by atoms with E-state index in [0.717, 1.165) is 47.6 Å². The van der Waals surface area contributed by atoms with Crippen LogP contribution in [0.5, 0.6) is 0 Å². The van der Waals surface area contributed by atoms with Gasteiger partial charge in [-0.15, -0.1) is 0 Å². The fraction of sp³-hybridized carbons (Fsp3) is 0.355. The first-order chi connectivity index (χ1) is 17.8. The first kappa shape index (κ1) is 28.1. The normalized spacial score (nSPS) is 12.4. The highest BCUT2D eigenvalue weighted by atomic mass is 15.0. The molecular weight excluding hydrogens is 456 g/mol. The summed E-state index contributed by atoms with van der Waals surface area (Å²) in [6.45, 7) is 10.4. The van der Waals surface area contributed by atoms with Crippen molar-refractivity contribution in [3.8, 4) is 22.4 Å². The van der Waals surface area contributed by atoms with E-state index in [1.54, 1.807) is 6.33 Å². The van der Waals surface area contributed by atoms with Crippen LogP contribution in [0.3, 0.4) is 0 Å². The van der Waals surface area contributed by atoms with Crippen LogP contribution in [0.2, 0.25) is 0 Å². The number of nitrogens with one attached hydrogen (secondary N) is 4. The summed E-state index contributed by atoms with van der Waals surface area (Å²) in [5.41, 5.74) is 6.63. The van der Waals surface area contributed by atoms with Crippen molar-refractivity contribution in [1.82, 2.24) is 30.6 Å². The predicted octanol–water partition coefficient (Wildman–Crippen LogP) is 7.30. The van der Waals surface area contributed by atoms with E-state index in [9.17, 15) is 0 Å². The lowest BCUT2D eigenvalue weighted by Crippen LogP contribution is -2.14. The summed E-state index contributed by atoms with van der Waals surface area (Å²) in [5, 5.41) is 9.04. The third-order valence-corrected chi connectivity index (χ3v) is 6.21. The first-order valence-electron chi connectivity index (χ1n) is 13.2. The highest BCUT2D eigenvalue weighted by Crippen LogP contribution is 2.29. The maximum absolute atomic E-state index is 4.49. The van der Waals surface area contributed by atoms with Crippen LogP contribution in [0.15, 0.2) is 67.1 Å². The van der Waals surface area contributed by atoms with Crippen LogP contribution in [0.1, 0.15) is 53.3 Å². The van der Waals surface area contributed by atoms with Gasteiger partial charge in [0.15, 0.2) is 0 Å². The maximum atomic E-state index is 4.49. The van der Waals surface area contributed by atoms with E-state index in [4.69, 9.17) is 0 Å². The molecule has 1 fully saturated rings. The lowest BCUT2D eigenvalue weighted by Gasteiger charge is -2.06. The van der Waals surface area contributed by atoms with Crippen molar-refractivity contribution in [2.45, 2.75) is 54.0 Å². The summed E-state index contributed by atoms with van der Waals surface area (Å²) in [5.74, 6) is 0.970. The Morgan fingerprint density at radius 2 is 1.51 bits per heavy atom. The molecule has 1 saturated heterocycles. The Kier molecular flexibility index (Phi) is 10.9. The molecule has 0 saturated carbocycles. The van der Waals surface area contributed by atoms with Crippen LogP contribution in [0.4, 0.5) is 0 Å². The Morgan fingerprint density at radius 1 is 0.838 bits per heavy atom. The van der Waals surface area contributed by atoms with Crippen molar-refractivity contribution in [2.75, 3.05) is 19.6 Å². The molecular formula is C31H42N6. The summed E-state index contributed by atoms with van der Waals surface area (Å²) in [6, 6.07) is 19.5. The zero-order valence-corrected chi connectivity index (χ0v) is 21.7. The summed E-state index contributed by atoms with van der Waals surface area (Å²) < 4.78 is 0. The van der Waals surface area contributed by atoms with Crippen LogP contribution in [0.25, 0.3) is 44.2 Å². The molecule has 6 nitrogen and oxygen atoms in total. The van der Waals surface area contributed by atoms with Crippen LogP contribution < -0.4 is 10.6 Å². The highest BCUT2D eigenvalue weighted by molar-refractivity contribution is 5.91. The second-order valence-corrected chi connectivity index (χ2v) is 8.79. The monoisotopic (exact) mass is 498 g/mol. The number of hydrogen-bond acceptors (Lipinski definition) is 4. The van der Waals surface area contributed by atoms with E-state index in [-0.39, 0.29) is 7.43 Å². The molecule has 6 heteroatoms. The smallest absolute Gasteiger partial charge is 0.120 e. The molecule has 0 amide bonds. The molecule has 0 atom stereocenters. The van der Waals surface area contributed by atoms with E-state index in [2.05, 4.69) is 92.1 Å². The standard InChI is InChI=1S/C24H23N5.C4H9N.C2H6.CH4/c1-2-9-25-14-24-26-13-23(29-24)20-6-5-16-10-17(3-4-18(16)11-20)19-7-8-21-22(12-19)28-15-27-21;1-2-4-5-3-1;1-2;/h3-8,10-13,15,25H,2,9,14H2,1H3,(H,26,29)(H,27,28);5H,1-4H2;1-2H3;1H4. The molecule has 2 aromatic heterocycles. The number of aromatic nitrogens is 4. The van der Waals surface area contributed by atoms with E-state index < -0.39 is 0 Å². The van der Waals surface area contributed by atoms with Gasteiger partial charge in [-0.05, 0) is 85.1 Å². The van der Waals surface area contributed by atoms with Crippen molar-refractivity contribution in [3.63, 3.8) is 0 Å². The van der Waals surface area contributed by atoms with Gasteiger partial charge in [0.05, 0.1) is 35.8 Å². The summed E-state index contributed by atoms with van der Waals surface area (Å²) in [7, 11) is 0. The van der Waals surface area contributed by atoms with E-state index >= 15 is 0 Å². The zero-order valence-electron chi connectivity index (χ0n) is 21.7. The lowest BCUT2D eigenvalue weighted by atomic mass is 9.99. The molecule has 6 rings (SSSR count). The quantitative estimate of drug-likeness (QED) is 0.185. The Bertz CT molecular complexity index is 1360. The lowest BCUT2D eigenvalue weighted by molar-refractivity contribution is 0.655. The number of benzene rings is 3. The molecule has 3 heterocycles. The number of imidazole rings is 2. The zero-order chi connectivity index (χ0) is 25.2. The molecule has 0 unspecified atom stereocenters. The SMILES string of the molecule is C.C1CCNC1.CC.CCCNCc1ncc(-c2ccc3cc(-c4ccc5nc[nH]c5c4)ccc3c2)[nH]1. The number of hydrogen-bond donors (Lipinski definition) is 4. The largest absolute Gasteiger partial charge is 0.345 e. The molecule has 4 N–H and O–H groups in total. The second-order valence-electron chi connectivity index (χ2n) is 8.79. The predicted molar refractivity (Wildman–Crippen MR) is 159 cm³/mol. The average molecular weight is 499 g/mol. The van der Waals surface area contributed by atoms with Gasteiger partial charge in [0.25, 0.3) is 0 Å². The molecule has 0 spiro atoms. The summed E-state index contributed by atoms with van der Waals surface area (Å²) in [4.78, 5) is 15.4. The van der Waals surface area contributed by atoms with Crippen molar-refractivity contribution < 1.29 is 0 Å². The third-order valence-electron chi connectivity index (χ3n) is 6.21. The fourth-order valence-electron chi connectivity index (χ4n) is 4.32. The minimum atomic E-state index is 0. The number of H-pyrrole nitrogens is 2. The van der Waals surface area contributed by atoms with Gasteiger partial charge in [0, 0.05) is 5.56 Å². The van der Waals surface area contributed by atoms with Gasteiger partial charge in [0.2, 0.25) is 0 Å². The Hall–Kier alpha value is -3.48. The Balaban J connectivity index is 0.000000420. The van der Waals surface area contributed by atoms with Crippen molar-refractivity contribution in [3.05, 3.63) is 72.9 Å². The number of rotatable bonds is 6. The molecule has 0 bridgehead atoms. The number of nitrogens with zero attached hydrogens (tertiary/aromatic N) is 2. The van der Waals surface area contributed by atoms with Gasteiger partial charge in [-0.1, -0.05) is 58.5 Å². The second kappa shape index (κ2) is 14.3. The van der Waals surface area contributed by atoms with Crippen molar-refractivity contribution in [1.29, 1.82) is 0 Å². The van der Waals surface area contributed by atoms with Gasteiger partial charge in [-0.3, -0.25) is 0 Å². The molecule has 0 aliphatic carbocycles. The van der Waals surface area contributed by atoms with Crippen molar-refractivity contribution in [2.24, 2.45) is 0 Å². The average Bonchev–Trinajstić information content (AvgIpc) is 3.73. The highest BCUT2D eigenvalue weighted by Gasteiger charge is 2.07. The Morgan fingerprint density at radius 3 is 2.22 bits per heavy atom. The summed E-state index contributed by atoms with van der Waals surface area (Å²) >= 11 is 0. The van der Waals surface area contributed by atoms with Crippen LogP contribution >= 0.6 is 0 Å². The van der Waals surface area contributed by atoms with Gasteiger partial charge in [-0.2, -0.15) is 0 Å². The maximum Gasteiger partial charge on any atom is 0.120 e. The summed E-state index contributed by atoms with van der Waals surface area (Å²) in [6.07, 6.45) is 7.55. The molecule has 5 aromatic rings. The third kappa shape index (κ3) is 7.28.